The fraction of sp³-hybridized carbons (Fsp3) is 0.688. The maximum atomic E-state index is 10.2. The lowest BCUT2D eigenvalue weighted by atomic mass is 10.3. The Kier molecular flexibility index (Phi) is 80.0. The number of aliphatic imine (C=N–C) groups is 1. The van der Waals surface area contributed by atoms with E-state index in [2.05, 4.69) is 63.1 Å². The molecule has 0 atom stereocenters. The molecule has 0 rings (SSSR count). The third-order valence-corrected chi connectivity index (χ3v) is 2.39. The molecule has 0 saturated carbocycles. The number of Topliss-reactive ketones (excluding diaryl/α,β-unsaturated/α-hetero) is 3. The van der Waals surface area contributed by atoms with E-state index in [0.29, 0.717) is 0 Å². The van der Waals surface area contributed by atoms with Crippen molar-refractivity contribution in [1.29, 1.82) is 0 Å². The van der Waals surface area contributed by atoms with Gasteiger partial charge in [-0.25, -0.2) is 4.99 Å². The van der Waals surface area contributed by atoms with Crippen molar-refractivity contribution in [1.82, 2.24) is 10.6 Å². The van der Waals surface area contributed by atoms with Gasteiger partial charge in [0.1, 0.15) is 30.2 Å². The van der Waals surface area contributed by atoms with E-state index in [0.717, 1.165) is 5.92 Å². The van der Waals surface area contributed by atoms with Crippen LogP contribution in [0.25, 0.3) is 0 Å². The van der Waals surface area contributed by atoms with Gasteiger partial charge in [0.15, 0.2) is 0 Å². The maximum absolute atomic E-state index is 10.2. The Morgan fingerprint density at radius 3 is 0.830 bits per heavy atom. The van der Waals surface area contributed by atoms with Crippen molar-refractivity contribution in [2.45, 2.75) is 102 Å². The molecule has 0 aliphatic rings. The predicted molar refractivity (Wildman–Crippen MR) is 185 cm³/mol. The van der Waals surface area contributed by atoms with Gasteiger partial charge >= 0.3 is 17.9 Å². The first-order valence-corrected chi connectivity index (χ1v) is 14.1. The van der Waals surface area contributed by atoms with Crippen LogP contribution in [0.2, 0.25) is 0 Å². The number of aliphatic hydroxyl groups is 1. The average Bonchev–Trinajstić information content (AvgIpc) is 2.92. The third kappa shape index (κ3) is 303. The lowest BCUT2D eigenvalue weighted by molar-refractivity contribution is -0.144. The quantitative estimate of drug-likeness (QED) is 0.168. The van der Waals surface area contributed by atoms with Crippen LogP contribution in [0, 0.1) is 5.92 Å². The molecule has 0 radical (unpaired) electrons. The molecule has 0 spiro atoms. The van der Waals surface area contributed by atoms with Crippen LogP contribution in [-0.4, -0.2) is 107 Å². The summed E-state index contributed by atoms with van der Waals surface area (Å²) in [4.78, 5) is 82.4. The van der Waals surface area contributed by atoms with Crippen LogP contribution in [-0.2, 0) is 52.6 Å². The number of ketones is 3. The number of esters is 3. The molecule has 15 heteroatoms. The Bertz CT molecular complexity index is 773. The van der Waals surface area contributed by atoms with E-state index >= 15 is 0 Å². The number of aliphatic hydroxyl groups excluding tert-OH is 1. The van der Waals surface area contributed by atoms with Crippen LogP contribution in [0.15, 0.2) is 11.6 Å². The van der Waals surface area contributed by atoms with Gasteiger partial charge in [0.2, 0.25) is 11.8 Å². The fourth-order valence-corrected chi connectivity index (χ4v) is 0.551. The Labute approximate surface area is 283 Å². The summed E-state index contributed by atoms with van der Waals surface area (Å²) in [6, 6.07) is 0. The summed E-state index contributed by atoms with van der Waals surface area (Å²) in [5.41, 5.74) is 0. The van der Waals surface area contributed by atoms with E-state index in [1.165, 1.54) is 69.8 Å². The first-order valence-electron chi connectivity index (χ1n) is 14.1. The van der Waals surface area contributed by atoms with E-state index in [9.17, 15) is 38.4 Å². The van der Waals surface area contributed by atoms with Crippen LogP contribution in [0.4, 0.5) is 0 Å². The summed E-state index contributed by atoms with van der Waals surface area (Å²) in [5.74, 6) is 1.78. The molecule has 3 N–H and O–H groups in total. The number of carbonyl (C=O) groups excluding carboxylic acids is 8. The number of rotatable bonds is 4. The number of carbonyl (C=O) groups is 8. The fourth-order valence-electron chi connectivity index (χ4n) is 0.551. The van der Waals surface area contributed by atoms with E-state index in [1.807, 2.05) is 0 Å². The molecule has 0 aliphatic carbocycles. The molecule has 0 aromatic carbocycles. The molecule has 0 fully saturated rings. The summed E-state index contributed by atoms with van der Waals surface area (Å²) in [6.07, 6.45) is -0.396. The van der Waals surface area contributed by atoms with Crippen molar-refractivity contribution < 1.29 is 57.7 Å². The summed E-state index contributed by atoms with van der Waals surface area (Å²) >= 11 is 0. The number of methoxy groups -OCH3 is 3. The highest BCUT2D eigenvalue weighted by Gasteiger charge is 2.02. The van der Waals surface area contributed by atoms with E-state index < -0.39 is 11.9 Å². The van der Waals surface area contributed by atoms with Crippen molar-refractivity contribution >= 4 is 52.9 Å². The monoisotopic (exact) mass is 683 g/mol. The molecule has 280 valence electrons. The van der Waals surface area contributed by atoms with Crippen molar-refractivity contribution in [2.75, 3.05) is 42.5 Å². The SMILES string of the molecule is C=C=NC.CC(C)=O.CC(C)C.CC(C)O.CNC(C)=O.CNC(C)=O.COC(=O)CC(C)=O.COC(=O)CC(C)=O.COC(C)=O. The van der Waals surface area contributed by atoms with Crippen molar-refractivity contribution in [2.24, 2.45) is 10.9 Å². The second-order valence-electron chi connectivity index (χ2n) is 9.33. The van der Waals surface area contributed by atoms with Crippen molar-refractivity contribution in [3.8, 4) is 0 Å². The van der Waals surface area contributed by atoms with Crippen LogP contribution >= 0.6 is 0 Å². The number of hydrogen-bond donors (Lipinski definition) is 3. The first-order chi connectivity index (χ1) is 21.2. The third-order valence-electron chi connectivity index (χ3n) is 2.39. The number of ether oxygens (including phenoxy) is 3. The number of hydrogen-bond acceptors (Lipinski definition) is 13. The Balaban J connectivity index is -0.0000000501. The summed E-state index contributed by atoms with van der Waals surface area (Å²) in [5, 5.41) is 12.8. The highest BCUT2D eigenvalue weighted by molar-refractivity contribution is 5.94. The Morgan fingerprint density at radius 1 is 0.660 bits per heavy atom. The smallest absolute Gasteiger partial charge is 0.313 e. The lowest BCUT2D eigenvalue weighted by Crippen LogP contribution is -2.11. The standard InChI is InChI=1S/2C5H8O3.C4H10.2C3H7NO.C3H5N.C3H6O2.C3H8O.C3H6O/c2*1-4(6)3-5(7)8-2;1-4(2)3;2*1-3(5)4-2;1-3-4-2;1-3(4)5-2;2*1-3(2)4/h2*3H2,1-2H3;4H,1-3H3;2*1-2H3,(H,4,5);1H2,2H3;1-2H3;3-4H,1-2H3;1-2H3. The van der Waals surface area contributed by atoms with Crippen LogP contribution in [0.5, 0.6) is 0 Å². The van der Waals surface area contributed by atoms with E-state index in [1.54, 1.807) is 35.0 Å². The zero-order valence-electron chi connectivity index (χ0n) is 32.2. The highest BCUT2D eigenvalue weighted by Crippen LogP contribution is 1.84. The highest BCUT2D eigenvalue weighted by atomic mass is 16.5. The van der Waals surface area contributed by atoms with Gasteiger partial charge in [-0.2, -0.15) is 0 Å². The average molecular weight is 684 g/mol. The molecule has 47 heavy (non-hydrogen) atoms. The van der Waals surface area contributed by atoms with Gasteiger partial charge in [-0.3, -0.25) is 33.6 Å². The van der Waals surface area contributed by atoms with Crippen molar-refractivity contribution in [3.63, 3.8) is 0 Å². The van der Waals surface area contributed by atoms with Gasteiger partial charge < -0.3 is 34.7 Å². The Hall–Kier alpha value is -4.23. The molecule has 2 amide bonds. The molecule has 0 aliphatic heterocycles. The normalized spacial score (nSPS) is 7.43. The molecule has 15 nitrogen and oxygen atoms in total. The minimum Gasteiger partial charge on any atom is -0.469 e. The van der Waals surface area contributed by atoms with Crippen LogP contribution in [0.1, 0.15) is 95.9 Å². The van der Waals surface area contributed by atoms with Gasteiger partial charge in [-0.1, -0.05) is 20.8 Å². The summed E-state index contributed by atoms with van der Waals surface area (Å²) in [6.45, 7) is 23.2. The zero-order chi connectivity index (χ0) is 40.1. The molecule has 0 heterocycles. The predicted octanol–water partition coefficient (Wildman–Crippen LogP) is 3.08. The molecule has 0 aromatic heterocycles. The minimum absolute atomic E-state index is 0.00463. The van der Waals surface area contributed by atoms with Gasteiger partial charge in [0.25, 0.3) is 0 Å². The molecule has 0 unspecified atom stereocenters. The number of amides is 2. The molecule has 0 bridgehead atoms. The van der Waals surface area contributed by atoms with Crippen LogP contribution < -0.4 is 10.6 Å². The second kappa shape index (κ2) is 57.4. The Morgan fingerprint density at radius 2 is 0.809 bits per heavy atom. The minimum atomic E-state index is -0.475. The summed E-state index contributed by atoms with van der Waals surface area (Å²) in [7, 11) is 8.69. The van der Waals surface area contributed by atoms with Gasteiger partial charge in [-0.15, -0.1) is 0 Å². The largest absolute Gasteiger partial charge is 0.469 e. The number of nitrogens with zero attached hydrogens (tertiary/aromatic N) is 1. The van der Waals surface area contributed by atoms with E-state index in [-0.39, 0.29) is 54.1 Å². The topological polar surface area (TPSA) is 221 Å². The molecular weight excluding hydrogens is 618 g/mol. The van der Waals surface area contributed by atoms with Gasteiger partial charge in [0, 0.05) is 48.0 Å². The lowest BCUT2D eigenvalue weighted by Gasteiger charge is -1.90. The second-order valence-corrected chi connectivity index (χ2v) is 9.33. The van der Waals surface area contributed by atoms with Gasteiger partial charge in [0.05, 0.1) is 21.3 Å². The maximum Gasteiger partial charge on any atom is 0.313 e. The summed E-state index contributed by atoms with van der Waals surface area (Å²) < 4.78 is 12.5. The molecule has 0 aromatic rings. The molecule has 0 saturated heterocycles. The van der Waals surface area contributed by atoms with E-state index in [4.69, 9.17) is 5.11 Å². The van der Waals surface area contributed by atoms with Crippen molar-refractivity contribution in [3.05, 3.63) is 6.58 Å². The number of nitrogens with one attached hydrogen (secondary N) is 2. The zero-order valence-corrected chi connectivity index (χ0v) is 32.2. The van der Waals surface area contributed by atoms with Crippen LogP contribution in [0.3, 0.4) is 0 Å². The first kappa shape index (κ1) is 65.4. The molecular formula is C32H65N3O12. The van der Waals surface area contributed by atoms with Gasteiger partial charge in [-0.05, 0) is 59.9 Å².